The monoisotopic (exact) mass is 194 g/mol. The molecular weight excluding hydrogens is 180 g/mol. The van der Waals surface area contributed by atoms with Gasteiger partial charge >= 0.3 is 0 Å². The average molecular weight is 194 g/mol. The predicted octanol–water partition coefficient (Wildman–Crippen LogP) is 1.79. The van der Waals surface area contributed by atoms with Gasteiger partial charge in [-0.1, -0.05) is 19.4 Å². The molecule has 0 radical (unpaired) electrons. The molecule has 14 heavy (non-hydrogen) atoms. The molecule has 0 unspecified atom stereocenters. The molecule has 3 nitrogen and oxygen atoms in total. The lowest BCUT2D eigenvalue weighted by Gasteiger charge is -2.09. The molecule has 0 atom stereocenters. The first-order valence-electron chi connectivity index (χ1n) is 4.67. The highest BCUT2D eigenvalue weighted by molar-refractivity contribution is 5.60. The summed E-state index contributed by atoms with van der Waals surface area (Å²) in [5.74, 6) is 0.151. The molecule has 0 aliphatic rings. The zero-order valence-corrected chi connectivity index (χ0v) is 8.16. The van der Waals surface area contributed by atoms with E-state index in [1.165, 1.54) is 6.07 Å². The Balaban J connectivity index is 3.11. The fraction of sp³-hybridized carbons (Fsp3) is 0.364. The second-order valence-electron chi connectivity index (χ2n) is 3.19. The summed E-state index contributed by atoms with van der Waals surface area (Å²) in [6.07, 6.45) is 2.38. The Bertz CT molecular complexity index is 332. The molecule has 0 aromatic heterocycles. The lowest BCUT2D eigenvalue weighted by molar-refractivity contribution is -0.107. The maximum atomic E-state index is 10.3. The first kappa shape index (κ1) is 10.6. The van der Waals surface area contributed by atoms with Crippen LogP contribution in [0.1, 0.15) is 24.5 Å². The van der Waals surface area contributed by atoms with E-state index in [9.17, 15) is 15.0 Å². The number of carbonyl (C=O) groups excluding carboxylic acids is 1. The number of aromatic hydroxyl groups is 2. The van der Waals surface area contributed by atoms with E-state index >= 15 is 0 Å². The largest absolute Gasteiger partial charge is 0.508 e. The molecule has 0 bridgehead atoms. The van der Waals surface area contributed by atoms with Crippen molar-refractivity contribution in [3.8, 4) is 11.5 Å². The van der Waals surface area contributed by atoms with E-state index in [0.29, 0.717) is 17.5 Å². The maximum Gasteiger partial charge on any atom is 0.126 e. The van der Waals surface area contributed by atoms with Gasteiger partial charge in [0.2, 0.25) is 0 Å². The van der Waals surface area contributed by atoms with Crippen molar-refractivity contribution in [2.24, 2.45) is 0 Å². The second kappa shape index (κ2) is 4.65. The zero-order valence-electron chi connectivity index (χ0n) is 8.16. The third-order valence-electron chi connectivity index (χ3n) is 2.14. The standard InChI is InChI=1S/C11H14O3/c1-2-3-9-10(13)5-4-8(6-7-12)11(9)14/h4-5,7,13-14H,2-3,6H2,1H3. The summed E-state index contributed by atoms with van der Waals surface area (Å²) >= 11 is 0. The molecule has 1 rings (SSSR count). The summed E-state index contributed by atoms with van der Waals surface area (Å²) in [6.45, 7) is 1.96. The summed E-state index contributed by atoms with van der Waals surface area (Å²) in [7, 11) is 0. The Labute approximate surface area is 83.0 Å². The molecule has 0 saturated carbocycles. The molecule has 1 aromatic rings. The van der Waals surface area contributed by atoms with Gasteiger partial charge in [0.15, 0.2) is 0 Å². The molecule has 2 N–H and O–H groups in total. The molecule has 0 spiro atoms. The normalized spacial score (nSPS) is 10.1. The summed E-state index contributed by atoms with van der Waals surface area (Å²) in [6, 6.07) is 3.09. The van der Waals surface area contributed by atoms with Gasteiger partial charge in [0.25, 0.3) is 0 Å². The van der Waals surface area contributed by atoms with Crippen LogP contribution in [0.2, 0.25) is 0 Å². The van der Waals surface area contributed by atoms with Gasteiger partial charge in [-0.3, -0.25) is 0 Å². The summed E-state index contributed by atoms with van der Waals surface area (Å²) < 4.78 is 0. The lowest BCUT2D eigenvalue weighted by Crippen LogP contribution is -1.92. The number of hydrogen-bond acceptors (Lipinski definition) is 3. The van der Waals surface area contributed by atoms with Crippen molar-refractivity contribution in [1.29, 1.82) is 0 Å². The van der Waals surface area contributed by atoms with Gasteiger partial charge in [-0.05, 0) is 12.5 Å². The Morgan fingerprint density at radius 1 is 1.36 bits per heavy atom. The summed E-state index contributed by atoms with van der Waals surface area (Å²) in [5.41, 5.74) is 1.10. The minimum atomic E-state index is 0.0546. The zero-order chi connectivity index (χ0) is 10.6. The smallest absolute Gasteiger partial charge is 0.126 e. The van der Waals surface area contributed by atoms with Crippen LogP contribution in [0.4, 0.5) is 0 Å². The fourth-order valence-corrected chi connectivity index (χ4v) is 1.43. The van der Waals surface area contributed by atoms with E-state index in [-0.39, 0.29) is 17.9 Å². The molecule has 0 aliphatic heterocycles. The number of benzene rings is 1. The van der Waals surface area contributed by atoms with Crippen molar-refractivity contribution >= 4 is 6.29 Å². The highest BCUT2D eigenvalue weighted by Crippen LogP contribution is 2.31. The number of hydrogen-bond donors (Lipinski definition) is 2. The van der Waals surface area contributed by atoms with Crippen LogP contribution in [-0.2, 0) is 17.6 Å². The molecule has 3 heteroatoms. The van der Waals surface area contributed by atoms with Crippen molar-refractivity contribution in [3.63, 3.8) is 0 Å². The Morgan fingerprint density at radius 3 is 2.64 bits per heavy atom. The minimum Gasteiger partial charge on any atom is -0.508 e. The van der Waals surface area contributed by atoms with Crippen molar-refractivity contribution in [1.82, 2.24) is 0 Å². The van der Waals surface area contributed by atoms with Gasteiger partial charge in [-0.2, -0.15) is 0 Å². The van der Waals surface area contributed by atoms with E-state index in [0.717, 1.165) is 12.7 Å². The number of rotatable bonds is 4. The number of phenols is 2. The molecule has 76 valence electrons. The first-order valence-corrected chi connectivity index (χ1v) is 4.67. The van der Waals surface area contributed by atoms with Gasteiger partial charge < -0.3 is 15.0 Å². The van der Waals surface area contributed by atoms with Crippen molar-refractivity contribution in [3.05, 3.63) is 23.3 Å². The second-order valence-corrected chi connectivity index (χ2v) is 3.19. The molecule has 0 heterocycles. The van der Waals surface area contributed by atoms with Crippen LogP contribution in [0.15, 0.2) is 12.1 Å². The predicted molar refractivity (Wildman–Crippen MR) is 53.5 cm³/mol. The van der Waals surface area contributed by atoms with E-state index in [1.54, 1.807) is 6.07 Å². The van der Waals surface area contributed by atoms with Crippen molar-refractivity contribution < 1.29 is 15.0 Å². The number of phenolic OH excluding ortho intramolecular Hbond substituents is 2. The quantitative estimate of drug-likeness (QED) is 0.718. The highest BCUT2D eigenvalue weighted by Gasteiger charge is 2.10. The Morgan fingerprint density at radius 2 is 2.07 bits per heavy atom. The van der Waals surface area contributed by atoms with Crippen LogP contribution < -0.4 is 0 Å². The lowest BCUT2D eigenvalue weighted by atomic mass is 10.0. The fourth-order valence-electron chi connectivity index (χ4n) is 1.43. The number of aldehydes is 1. The van der Waals surface area contributed by atoms with Crippen LogP contribution in [0, 0.1) is 0 Å². The van der Waals surface area contributed by atoms with Gasteiger partial charge in [0, 0.05) is 17.5 Å². The molecule has 0 amide bonds. The number of carbonyl (C=O) groups is 1. The minimum absolute atomic E-state index is 0.0546. The van der Waals surface area contributed by atoms with Crippen molar-refractivity contribution in [2.45, 2.75) is 26.2 Å². The molecule has 0 aliphatic carbocycles. The Kier molecular flexibility index (Phi) is 3.51. The summed E-state index contributed by atoms with van der Waals surface area (Å²) in [4.78, 5) is 10.3. The third kappa shape index (κ3) is 2.05. The van der Waals surface area contributed by atoms with Gasteiger partial charge in [0.05, 0.1) is 0 Å². The van der Waals surface area contributed by atoms with E-state index in [4.69, 9.17) is 0 Å². The first-order chi connectivity index (χ1) is 6.70. The molecule has 0 saturated heterocycles. The van der Waals surface area contributed by atoms with E-state index in [2.05, 4.69) is 0 Å². The van der Waals surface area contributed by atoms with Crippen LogP contribution in [0.25, 0.3) is 0 Å². The topological polar surface area (TPSA) is 57.5 Å². The average Bonchev–Trinajstić information content (AvgIpc) is 2.17. The Hall–Kier alpha value is -1.51. The molecular formula is C11H14O3. The van der Waals surface area contributed by atoms with E-state index < -0.39 is 0 Å². The van der Waals surface area contributed by atoms with Crippen LogP contribution in [-0.4, -0.2) is 16.5 Å². The van der Waals surface area contributed by atoms with Crippen LogP contribution in [0.3, 0.4) is 0 Å². The van der Waals surface area contributed by atoms with Gasteiger partial charge in [-0.15, -0.1) is 0 Å². The van der Waals surface area contributed by atoms with Crippen LogP contribution in [0.5, 0.6) is 11.5 Å². The highest BCUT2D eigenvalue weighted by atomic mass is 16.3. The van der Waals surface area contributed by atoms with Gasteiger partial charge in [-0.25, -0.2) is 0 Å². The van der Waals surface area contributed by atoms with E-state index in [1.807, 2.05) is 6.92 Å². The summed E-state index contributed by atoms with van der Waals surface area (Å²) in [5, 5.41) is 19.2. The maximum absolute atomic E-state index is 10.3. The van der Waals surface area contributed by atoms with Crippen LogP contribution >= 0.6 is 0 Å². The van der Waals surface area contributed by atoms with Gasteiger partial charge in [0.1, 0.15) is 17.8 Å². The van der Waals surface area contributed by atoms with Crippen molar-refractivity contribution in [2.75, 3.05) is 0 Å². The molecule has 1 aromatic carbocycles. The SMILES string of the molecule is CCCc1c(O)ccc(CC=O)c1O. The third-order valence-corrected chi connectivity index (χ3v) is 2.14. The molecule has 0 fully saturated rings.